The minimum atomic E-state index is -0.810. The number of carboxylic acids is 1. The fraction of sp³-hybridized carbons (Fsp3) is 0.500. The summed E-state index contributed by atoms with van der Waals surface area (Å²) in [6, 6.07) is 6.46. The molecule has 0 fully saturated rings. The molecule has 100 valence electrons. The van der Waals surface area contributed by atoms with E-state index in [1.54, 1.807) is 24.3 Å². The van der Waals surface area contributed by atoms with Crippen molar-refractivity contribution in [1.29, 1.82) is 0 Å². The number of aliphatic carboxylic acids is 1. The lowest BCUT2D eigenvalue weighted by atomic mass is 10.0. The van der Waals surface area contributed by atoms with E-state index in [-0.39, 0.29) is 0 Å². The zero-order valence-electron chi connectivity index (χ0n) is 10.9. The van der Waals surface area contributed by atoms with E-state index in [1.165, 1.54) is 0 Å². The van der Waals surface area contributed by atoms with Gasteiger partial charge in [-0.3, -0.25) is 9.69 Å². The van der Waals surface area contributed by atoms with Gasteiger partial charge in [0.25, 0.3) is 0 Å². The summed E-state index contributed by atoms with van der Waals surface area (Å²) in [4.78, 5) is 13.5. The van der Waals surface area contributed by atoms with Crippen LogP contribution in [0.3, 0.4) is 0 Å². The van der Waals surface area contributed by atoms with Crippen LogP contribution < -0.4 is 0 Å². The average Bonchev–Trinajstić information content (AvgIpc) is 2.35. The second-order valence-electron chi connectivity index (χ2n) is 4.27. The molecular weight excluding hydrogens is 250 g/mol. The molecule has 0 heterocycles. The smallest absolute Gasteiger partial charge is 0.325 e. The summed E-state index contributed by atoms with van der Waals surface area (Å²) in [6.07, 6.45) is 2.06. The molecule has 0 amide bonds. The first kappa shape index (κ1) is 15.0. The molecule has 0 aliphatic heterocycles. The SMILES string of the molecule is CCCCN(CC)C(C(=O)O)c1ccc(Cl)cc1. The van der Waals surface area contributed by atoms with Gasteiger partial charge < -0.3 is 5.11 Å². The lowest BCUT2D eigenvalue weighted by Crippen LogP contribution is -2.34. The van der Waals surface area contributed by atoms with Gasteiger partial charge in [-0.2, -0.15) is 0 Å². The molecule has 1 rings (SSSR count). The van der Waals surface area contributed by atoms with Crippen molar-refractivity contribution in [2.45, 2.75) is 32.7 Å². The van der Waals surface area contributed by atoms with Crippen molar-refractivity contribution in [1.82, 2.24) is 4.90 Å². The summed E-state index contributed by atoms with van der Waals surface area (Å²) in [5.74, 6) is -0.810. The van der Waals surface area contributed by atoms with Crippen molar-refractivity contribution in [3.05, 3.63) is 34.9 Å². The van der Waals surface area contributed by atoms with E-state index >= 15 is 0 Å². The van der Waals surface area contributed by atoms with Crippen molar-refractivity contribution >= 4 is 17.6 Å². The standard InChI is InChI=1S/C14H20ClNO2/c1-3-5-10-16(4-2)13(14(17)18)11-6-8-12(15)9-7-11/h6-9,13H,3-5,10H2,1-2H3,(H,17,18). The van der Waals surface area contributed by atoms with Crippen molar-refractivity contribution in [2.24, 2.45) is 0 Å². The summed E-state index contributed by atoms with van der Waals surface area (Å²) in [5.41, 5.74) is 0.782. The van der Waals surface area contributed by atoms with Crippen LogP contribution in [0.2, 0.25) is 5.02 Å². The van der Waals surface area contributed by atoms with Crippen molar-refractivity contribution in [3.63, 3.8) is 0 Å². The molecule has 0 aliphatic rings. The van der Waals surface area contributed by atoms with Gasteiger partial charge in [0.1, 0.15) is 6.04 Å². The van der Waals surface area contributed by atoms with Crippen LogP contribution in [0.25, 0.3) is 0 Å². The summed E-state index contributed by atoms with van der Waals surface area (Å²) < 4.78 is 0. The first-order valence-electron chi connectivity index (χ1n) is 6.32. The fourth-order valence-electron chi connectivity index (χ4n) is 1.99. The number of nitrogens with zero attached hydrogens (tertiary/aromatic N) is 1. The number of carbonyl (C=O) groups is 1. The van der Waals surface area contributed by atoms with Crippen molar-refractivity contribution in [3.8, 4) is 0 Å². The summed E-state index contributed by atoms with van der Waals surface area (Å²) in [7, 11) is 0. The Balaban J connectivity index is 2.93. The van der Waals surface area contributed by atoms with Crippen molar-refractivity contribution < 1.29 is 9.90 Å². The molecule has 3 nitrogen and oxygen atoms in total. The van der Waals surface area contributed by atoms with E-state index in [9.17, 15) is 9.90 Å². The molecule has 0 aromatic heterocycles. The molecule has 0 saturated carbocycles. The van der Waals surface area contributed by atoms with E-state index in [4.69, 9.17) is 11.6 Å². The van der Waals surface area contributed by atoms with Gasteiger partial charge >= 0.3 is 5.97 Å². The highest BCUT2D eigenvalue weighted by atomic mass is 35.5. The highest BCUT2D eigenvalue weighted by Gasteiger charge is 2.25. The monoisotopic (exact) mass is 269 g/mol. The first-order valence-corrected chi connectivity index (χ1v) is 6.70. The van der Waals surface area contributed by atoms with Gasteiger partial charge in [-0.05, 0) is 37.2 Å². The maximum absolute atomic E-state index is 11.5. The maximum Gasteiger partial charge on any atom is 0.325 e. The maximum atomic E-state index is 11.5. The van der Waals surface area contributed by atoms with Gasteiger partial charge in [0.2, 0.25) is 0 Å². The molecule has 0 bridgehead atoms. The number of rotatable bonds is 7. The largest absolute Gasteiger partial charge is 0.480 e. The number of unbranched alkanes of at least 4 members (excludes halogenated alkanes) is 1. The Kier molecular flexibility index (Phi) is 6.16. The quantitative estimate of drug-likeness (QED) is 0.822. The van der Waals surface area contributed by atoms with Gasteiger partial charge in [0.15, 0.2) is 0 Å². The predicted molar refractivity (Wildman–Crippen MR) is 74.0 cm³/mol. The van der Waals surface area contributed by atoms with E-state index < -0.39 is 12.0 Å². The number of hydrogen-bond acceptors (Lipinski definition) is 2. The molecule has 1 aromatic rings. The zero-order chi connectivity index (χ0) is 13.5. The van der Waals surface area contributed by atoms with Gasteiger partial charge in [-0.25, -0.2) is 0 Å². The predicted octanol–water partition coefficient (Wildman–Crippen LogP) is 3.59. The molecular formula is C14H20ClNO2. The Bertz CT molecular complexity index is 378. The topological polar surface area (TPSA) is 40.5 Å². The summed E-state index contributed by atoms with van der Waals surface area (Å²) >= 11 is 5.83. The van der Waals surface area contributed by atoms with Crippen LogP contribution in [0.4, 0.5) is 0 Å². The highest BCUT2D eigenvalue weighted by Crippen LogP contribution is 2.23. The third-order valence-electron chi connectivity index (χ3n) is 2.99. The second kappa shape index (κ2) is 7.39. The molecule has 1 atom stereocenters. The lowest BCUT2D eigenvalue weighted by molar-refractivity contribution is -0.143. The molecule has 1 N–H and O–H groups in total. The van der Waals surface area contributed by atoms with Crippen LogP contribution in [0.5, 0.6) is 0 Å². The fourth-order valence-corrected chi connectivity index (χ4v) is 2.11. The highest BCUT2D eigenvalue weighted by molar-refractivity contribution is 6.30. The van der Waals surface area contributed by atoms with Gasteiger partial charge in [-0.1, -0.05) is 44.0 Å². The van der Waals surface area contributed by atoms with Crippen LogP contribution in [-0.2, 0) is 4.79 Å². The number of carboxylic acid groups (broad SMARTS) is 1. The zero-order valence-corrected chi connectivity index (χ0v) is 11.7. The molecule has 0 saturated heterocycles. The van der Waals surface area contributed by atoms with Crippen LogP contribution in [0.1, 0.15) is 38.3 Å². The summed E-state index contributed by atoms with van der Waals surface area (Å²) in [6.45, 7) is 5.61. The number of benzene rings is 1. The minimum absolute atomic E-state index is 0.584. The number of likely N-dealkylation sites (N-methyl/N-ethyl adjacent to an activating group) is 1. The van der Waals surface area contributed by atoms with E-state index in [1.807, 2.05) is 11.8 Å². The molecule has 0 spiro atoms. The Hall–Kier alpha value is -1.06. The first-order chi connectivity index (χ1) is 8.60. The van der Waals surface area contributed by atoms with Gasteiger partial charge in [0.05, 0.1) is 0 Å². The lowest BCUT2D eigenvalue weighted by Gasteiger charge is -2.27. The Morgan fingerprint density at radius 2 is 1.94 bits per heavy atom. The Morgan fingerprint density at radius 1 is 1.33 bits per heavy atom. The van der Waals surface area contributed by atoms with E-state index in [0.29, 0.717) is 5.02 Å². The van der Waals surface area contributed by atoms with Crippen molar-refractivity contribution in [2.75, 3.05) is 13.1 Å². The van der Waals surface area contributed by atoms with Crippen LogP contribution in [-0.4, -0.2) is 29.1 Å². The Labute approximate surface area is 113 Å². The third-order valence-corrected chi connectivity index (χ3v) is 3.24. The Morgan fingerprint density at radius 3 is 2.39 bits per heavy atom. The third kappa shape index (κ3) is 4.00. The molecule has 0 aliphatic carbocycles. The van der Waals surface area contributed by atoms with E-state index in [2.05, 4.69) is 6.92 Å². The van der Waals surface area contributed by atoms with Gasteiger partial charge in [-0.15, -0.1) is 0 Å². The molecule has 18 heavy (non-hydrogen) atoms. The van der Waals surface area contributed by atoms with Crippen LogP contribution in [0.15, 0.2) is 24.3 Å². The molecule has 1 unspecified atom stereocenters. The van der Waals surface area contributed by atoms with E-state index in [0.717, 1.165) is 31.5 Å². The normalized spacial score (nSPS) is 12.7. The molecule has 0 radical (unpaired) electrons. The number of halogens is 1. The van der Waals surface area contributed by atoms with Gasteiger partial charge in [0, 0.05) is 5.02 Å². The number of hydrogen-bond donors (Lipinski definition) is 1. The second-order valence-corrected chi connectivity index (χ2v) is 4.71. The summed E-state index contributed by atoms with van der Waals surface area (Å²) in [5, 5.41) is 10.0. The minimum Gasteiger partial charge on any atom is -0.480 e. The average molecular weight is 270 g/mol. The van der Waals surface area contributed by atoms with Crippen LogP contribution in [0, 0.1) is 0 Å². The molecule has 4 heteroatoms. The molecule has 1 aromatic carbocycles. The van der Waals surface area contributed by atoms with Crippen LogP contribution >= 0.6 is 11.6 Å².